The highest BCUT2D eigenvalue weighted by Crippen LogP contribution is 2.35. The first-order chi connectivity index (χ1) is 13.1. The molecule has 0 aliphatic heterocycles. The van der Waals surface area contributed by atoms with Gasteiger partial charge in [0.15, 0.2) is 11.5 Å². The molecule has 0 bridgehead atoms. The van der Waals surface area contributed by atoms with Crippen molar-refractivity contribution in [3.8, 4) is 28.8 Å². The molecule has 2 aromatic heterocycles. The predicted octanol–water partition coefficient (Wildman–Crippen LogP) is 5.07. The summed E-state index contributed by atoms with van der Waals surface area (Å²) in [5.74, 6) is 1.25. The van der Waals surface area contributed by atoms with Gasteiger partial charge >= 0.3 is 0 Å². The molecule has 5 nitrogen and oxygen atoms in total. The van der Waals surface area contributed by atoms with E-state index >= 15 is 0 Å². The Morgan fingerprint density at radius 2 is 2.00 bits per heavy atom. The van der Waals surface area contributed by atoms with Crippen LogP contribution in [0.2, 0.25) is 0 Å². The molecular formula is C21H19N3O2S. The van der Waals surface area contributed by atoms with Crippen molar-refractivity contribution < 1.29 is 9.47 Å². The second kappa shape index (κ2) is 8.47. The fraction of sp³-hybridized carbons (Fsp3) is 0.190. The topological polar surface area (TPSA) is 68.0 Å². The van der Waals surface area contributed by atoms with Crippen molar-refractivity contribution in [3.63, 3.8) is 0 Å². The molecule has 0 spiro atoms. The fourth-order valence-electron chi connectivity index (χ4n) is 2.52. The van der Waals surface area contributed by atoms with Crippen LogP contribution >= 0.6 is 11.3 Å². The second-order valence-electron chi connectivity index (χ2n) is 5.99. The summed E-state index contributed by atoms with van der Waals surface area (Å²) < 4.78 is 11.3. The molecule has 0 amide bonds. The van der Waals surface area contributed by atoms with E-state index in [9.17, 15) is 5.26 Å². The van der Waals surface area contributed by atoms with Crippen molar-refractivity contribution in [1.82, 2.24) is 9.97 Å². The summed E-state index contributed by atoms with van der Waals surface area (Å²) in [6, 6.07) is 11.6. The van der Waals surface area contributed by atoms with Crippen LogP contribution < -0.4 is 9.47 Å². The van der Waals surface area contributed by atoms with Gasteiger partial charge in [-0.1, -0.05) is 12.1 Å². The molecule has 0 saturated carbocycles. The Morgan fingerprint density at radius 1 is 1.22 bits per heavy atom. The summed E-state index contributed by atoms with van der Waals surface area (Å²) in [5.41, 5.74) is 3.04. The Balaban J connectivity index is 2.01. The highest BCUT2D eigenvalue weighted by Gasteiger charge is 2.14. The molecule has 0 saturated heterocycles. The van der Waals surface area contributed by atoms with Gasteiger partial charge in [0.1, 0.15) is 11.1 Å². The van der Waals surface area contributed by atoms with E-state index in [1.807, 2.05) is 49.6 Å². The molecular weight excluding hydrogens is 358 g/mol. The Morgan fingerprint density at radius 3 is 2.67 bits per heavy atom. The molecule has 136 valence electrons. The molecule has 0 aliphatic rings. The van der Waals surface area contributed by atoms with Crippen LogP contribution in [-0.2, 0) is 0 Å². The van der Waals surface area contributed by atoms with Gasteiger partial charge in [-0.2, -0.15) is 5.26 Å². The number of hydrogen-bond acceptors (Lipinski definition) is 6. The predicted molar refractivity (Wildman–Crippen MR) is 108 cm³/mol. The van der Waals surface area contributed by atoms with E-state index in [0.29, 0.717) is 22.1 Å². The average molecular weight is 377 g/mol. The number of pyridine rings is 1. The number of benzene rings is 1. The van der Waals surface area contributed by atoms with E-state index in [1.54, 1.807) is 25.6 Å². The summed E-state index contributed by atoms with van der Waals surface area (Å²) >= 11 is 1.43. The third kappa shape index (κ3) is 4.33. The molecule has 0 atom stereocenters. The van der Waals surface area contributed by atoms with Crippen molar-refractivity contribution in [2.45, 2.75) is 20.0 Å². The lowest BCUT2D eigenvalue weighted by atomic mass is 10.1. The minimum atomic E-state index is -0.0165. The molecule has 6 heteroatoms. The summed E-state index contributed by atoms with van der Waals surface area (Å²) in [6.07, 6.45) is 5.22. The number of aromatic nitrogens is 2. The maximum absolute atomic E-state index is 9.69. The SMILES string of the molecule is COc1cccc(C=C(C#N)c2nc(-c3ccncc3)cs2)c1OC(C)C. The standard InChI is InChI=1S/C21H19N3O2S/c1-14(2)26-20-16(5-4-6-19(20)25-3)11-17(12-22)21-24-18(13-27-21)15-7-9-23-10-8-15/h4-11,13-14H,1-3H3. The number of hydrogen-bond donors (Lipinski definition) is 0. The van der Waals surface area contributed by atoms with Gasteiger partial charge in [-0.25, -0.2) is 4.98 Å². The fourth-order valence-corrected chi connectivity index (χ4v) is 3.31. The maximum Gasteiger partial charge on any atom is 0.168 e. The van der Waals surface area contributed by atoms with Gasteiger partial charge in [0.05, 0.1) is 24.5 Å². The summed E-state index contributed by atoms with van der Waals surface area (Å²) in [6.45, 7) is 3.90. The van der Waals surface area contributed by atoms with Crippen LogP contribution in [0.5, 0.6) is 11.5 Å². The van der Waals surface area contributed by atoms with E-state index < -0.39 is 0 Å². The monoisotopic (exact) mass is 377 g/mol. The zero-order valence-corrected chi connectivity index (χ0v) is 16.2. The van der Waals surface area contributed by atoms with E-state index in [-0.39, 0.29) is 6.10 Å². The van der Waals surface area contributed by atoms with Crippen molar-refractivity contribution in [3.05, 3.63) is 58.7 Å². The molecule has 0 N–H and O–H groups in total. The number of thiazole rings is 1. The van der Waals surface area contributed by atoms with E-state index in [1.165, 1.54) is 11.3 Å². The van der Waals surface area contributed by atoms with Crippen molar-refractivity contribution >= 4 is 23.0 Å². The Kier molecular flexibility index (Phi) is 5.84. The summed E-state index contributed by atoms with van der Waals surface area (Å²) in [4.78, 5) is 8.63. The van der Waals surface area contributed by atoms with Gasteiger partial charge in [0.2, 0.25) is 0 Å². The first-order valence-electron chi connectivity index (χ1n) is 8.44. The van der Waals surface area contributed by atoms with Crippen LogP contribution in [0.3, 0.4) is 0 Å². The largest absolute Gasteiger partial charge is 0.493 e. The molecule has 27 heavy (non-hydrogen) atoms. The Hall–Kier alpha value is -3.17. The summed E-state index contributed by atoms with van der Waals surface area (Å²) in [5, 5.41) is 12.3. The quantitative estimate of drug-likeness (QED) is 0.561. The van der Waals surface area contributed by atoms with E-state index in [2.05, 4.69) is 16.0 Å². The summed E-state index contributed by atoms with van der Waals surface area (Å²) in [7, 11) is 1.60. The van der Waals surface area contributed by atoms with Gasteiger partial charge < -0.3 is 9.47 Å². The van der Waals surface area contributed by atoms with Crippen LogP contribution in [-0.4, -0.2) is 23.2 Å². The molecule has 0 aliphatic carbocycles. The van der Waals surface area contributed by atoms with Crippen LogP contribution in [0.15, 0.2) is 48.1 Å². The van der Waals surface area contributed by atoms with E-state index in [0.717, 1.165) is 16.8 Å². The number of nitrogens with zero attached hydrogens (tertiary/aromatic N) is 3. The van der Waals surface area contributed by atoms with Crippen molar-refractivity contribution in [1.29, 1.82) is 5.26 Å². The molecule has 2 heterocycles. The van der Waals surface area contributed by atoms with Gasteiger partial charge in [-0.05, 0) is 38.1 Å². The third-order valence-electron chi connectivity index (χ3n) is 3.71. The zero-order valence-electron chi connectivity index (χ0n) is 15.3. The molecule has 0 fully saturated rings. The van der Waals surface area contributed by atoms with E-state index in [4.69, 9.17) is 9.47 Å². The average Bonchev–Trinajstić information content (AvgIpc) is 3.17. The minimum absolute atomic E-state index is 0.0165. The smallest absolute Gasteiger partial charge is 0.168 e. The lowest BCUT2D eigenvalue weighted by Crippen LogP contribution is -2.08. The minimum Gasteiger partial charge on any atom is -0.493 e. The maximum atomic E-state index is 9.69. The number of allylic oxidation sites excluding steroid dienone is 1. The lowest BCUT2D eigenvalue weighted by molar-refractivity contribution is 0.229. The Labute approximate surface area is 162 Å². The number of ether oxygens (including phenoxy) is 2. The molecule has 3 rings (SSSR count). The molecule has 0 unspecified atom stereocenters. The van der Waals surface area contributed by atoms with Gasteiger partial charge in [-0.15, -0.1) is 11.3 Å². The lowest BCUT2D eigenvalue weighted by Gasteiger charge is -2.16. The van der Waals surface area contributed by atoms with Gasteiger partial charge in [-0.3, -0.25) is 4.98 Å². The van der Waals surface area contributed by atoms with Crippen molar-refractivity contribution in [2.24, 2.45) is 0 Å². The van der Waals surface area contributed by atoms with Crippen LogP contribution in [0.4, 0.5) is 0 Å². The first-order valence-corrected chi connectivity index (χ1v) is 9.32. The van der Waals surface area contributed by atoms with Crippen molar-refractivity contribution in [2.75, 3.05) is 7.11 Å². The van der Waals surface area contributed by atoms with Crippen LogP contribution in [0.1, 0.15) is 24.4 Å². The Bertz CT molecular complexity index is 988. The molecule has 3 aromatic rings. The molecule has 0 radical (unpaired) electrons. The number of methoxy groups -OCH3 is 1. The van der Waals surface area contributed by atoms with Crippen LogP contribution in [0, 0.1) is 11.3 Å². The van der Waals surface area contributed by atoms with Crippen LogP contribution in [0.25, 0.3) is 22.9 Å². The zero-order chi connectivity index (χ0) is 19.2. The first kappa shape index (κ1) is 18.6. The van der Waals surface area contributed by atoms with Gasteiger partial charge in [0, 0.05) is 28.9 Å². The number of rotatable bonds is 6. The highest BCUT2D eigenvalue weighted by atomic mass is 32.1. The third-order valence-corrected chi connectivity index (χ3v) is 4.59. The molecule has 1 aromatic carbocycles. The number of nitriles is 1. The number of para-hydroxylation sites is 1. The highest BCUT2D eigenvalue weighted by molar-refractivity contribution is 7.11. The van der Waals surface area contributed by atoms with Gasteiger partial charge in [0.25, 0.3) is 0 Å². The second-order valence-corrected chi connectivity index (χ2v) is 6.85. The normalized spacial score (nSPS) is 11.3.